The summed E-state index contributed by atoms with van der Waals surface area (Å²) in [5, 5.41) is 9.88. The number of hydrogen-bond acceptors (Lipinski definition) is 5. The molecule has 1 aromatic heterocycles. The Labute approximate surface area is 142 Å². The van der Waals surface area contributed by atoms with Crippen molar-refractivity contribution < 1.29 is 50.5 Å². The fourth-order valence-electron chi connectivity index (χ4n) is 1.72. The summed E-state index contributed by atoms with van der Waals surface area (Å²) >= 11 is 2.33. The van der Waals surface area contributed by atoms with Crippen LogP contribution in [0.25, 0.3) is 0 Å². The smallest absolute Gasteiger partial charge is 1.00 e. The minimum absolute atomic E-state index is 0. The maximum absolute atomic E-state index is 11.8. The van der Waals surface area contributed by atoms with Gasteiger partial charge in [-0.15, -0.1) is 11.3 Å². The first-order valence-corrected chi connectivity index (χ1v) is 7.09. The van der Waals surface area contributed by atoms with Crippen LogP contribution < -0.4 is 29.6 Å². The Morgan fingerprint density at radius 3 is 2.89 bits per heavy atom. The summed E-state index contributed by atoms with van der Waals surface area (Å²) in [6.07, 6.45) is 0.522. The summed E-state index contributed by atoms with van der Waals surface area (Å²) in [5.41, 5.74) is 0. The van der Waals surface area contributed by atoms with Crippen molar-refractivity contribution in [3.63, 3.8) is 0 Å². The maximum atomic E-state index is 11.8. The van der Waals surface area contributed by atoms with Gasteiger partial charge < -0.3 is 11.4 Å². The molecule has 1 aliphatic heterocycles. The first-order valence-electron chi connectivity index (χ1n) is 5.33. The first kappa shape index (κ1) is 16.7. The van der Waals surface area contributed by atoms with E-state index in [0.717, 1.165) is 11.8 Å². The monoisotopic (exact) mass is 309 g/mol. The van der Waals surface area contributed by atoms with Crippen molar-refractivity contribution in [1.82, 2.24) is 4.90 Å². The SMILES string of the molecule is O=C(O)CN1CCC(SC(=O)c2cccs2)C1=O.[H-].[Na+]. The second kappa shape index (κ2) is 7.44. The van der Waals surface area contributed by atoms with Gasteiger partial charge in [0.05, 0.1) is 10.1 Å². The number of carbonyl (C=O) groups excluding carboxylic acids is 2. The van der Waals surface area contributed by atoms with E-state index in [0.29, 0.717) is 17.8 Å². The van der Waals surface area contributed by atoms with Crippen LogP contribution in [0.4, 0.5) is 0 Å². The Hall–Kier alpha value is -0.340. The van der Waals surface area contributed by atoms with Crippen molar-refractivity contribution in [3.8, 4) is 0 Å². The van der Waals surface area contributed by atoms with Gasteiger partial charge in [-0.05, 0) is 17.9 Å². The summed E-state index contributed by atoms with van der Waals surface area (Å²) in [6.45, 7) is 0.115. The predicted molar refractivity (Wildman–Crippen MR) is 70.0 cm³/mol. The van der Waals surface area contributed by atoms with E-state index in [1.807, 2.05) is 0 Å². The van der Waals surface area contributed by atoms with Crippen molar-refractivity contribution >= 4 is 40.1 Å². The number of carboxylic acid groups (broad SMARTS) is 1. The minimum Gasteiger partial charge on any atom is -1.00 e. The molecule has 0 saturated carbocycles. The Bertz CT molecular complexity index is 483. The van der Waals surface area contributed by atoms with Crippen LogP contribution >= 0.6 is 23.1 Å². The average Bonchev–Trinajstić information content (AvgIpc) is 2.93. The van der Waals surface area contributed by atoms with Crippen LogP contribution in [0.1, 0.15) is 17.5 Å². The number of thiophene rings is 1. The van der Waals surface area contributed by atoms with Gasteiger partial charge >= 0.3 is 35.5 Å². The average molecular weight is 309 g/mol. The van der Waals surface area contributed by atoms with E-state index in [1.165, 1.54) is 16.2 Å². The van der Waals surface area contributed by atoms with Crippen molar-refractivity contribution in [2.45, 2.75) is 11.7 Å². The van der Waals surface area contributed by atoms with E-state index in [1.54, 1.807) is 17.5 Å². The second-order valence-electron chi connectivity index (χ2n) is 3.81. The summed E-state index contributed by atoms with van der Waals surface area (Å²) in [7, 11) is 0. The molecule has 5 nitrogen and oxygen atoms in total. The number of amides is 1. The van der Waals surface area contributed by atoms with Gasteiger partial charge in [-0.3, -0.25) is 14.4 Å². The van der Waals surface area contributed by atoms with Gasteiger partial charge in [-0.25, -0.2) is 0 Å². The summed E-state index contributed by atoms with van der Waals surface area (Å²) in [6, 6.07) is 3.50. The molecule has 19 heavy (non-hydrogen) atoms. The van der Waals surface area contributed by atoms with E-state index in [2.05, 4.69) is 0 Å². The second-order valence-corrected chi connectivity index (χ2v) is 5.94. The van der Waals surface area contributed by atoms with Crippen molar-refractivity contribution in [1.29, 1.82) is 0 Å². The number of aliphatic carboxylic acids is 1. The van der Waals surface area contributed by atoms with E-state index in [-0.39, 0.29) is 48.6 Å². The number of carbonyl (C=O) groups is 3. The Morgan fingerprint density at radius 1 is 1.58 bits per heavy atom. The fourth-order valence-corrected chi connectivity index (χ4v) is 3.48. The largest absolute Gasteiger partial charge is 1.00 e. The molecule has 1 fully saturated rings. The number of carboxylic acids is 1. The van der Waals surface area contributed by atoms with E-state index < -0.39 is 11.2 Å². The number of thioether (sulfide) groups is 1. The molecule has 2 rings (SSSR count). The molecule has 1 aliphatic rings. The van der Waals surface area contributed by atoms with Crippen LogP contribution in [0.2, 0.25) is 0 Å². The molecule has 1 N–H and O–H groups in total. The van der Waals surface area contributed by atoms with Gasteiger partial charge in [0, 0.05) is 6.54 Å². The van der Waals surface area contributed by atoms with Crippen LogP contribution in [0.3, 0.4) is 0 Å². The van der Waals surface area contributed by atoms with Gasteiger partial charge in [-0.2, -0.15) is 0 Å². The maximum Gasteiger partial charge on any atom is 1.00 e. The molecule has 0 radical (unpaired) electrons. The number of rotatable bonds is 4. The molecule has 0 aromatic carbocycles. The third-order valence-electron chi connectivity index (χ3n) is 2.55. The van der Waals surface area contributed by atoms with Crippen molar-refractivity contribution in [2.75, 3.05) is 13.1 Å². The van der Waals surface area contributed by atoms with Gasteiger partial charge in [-0.1, -0.05) is 17.8 Å². The molecule has 0 aliphatic carbocycles. The molecule has 1 atom stereocenters. The molecule has 0 bridgehead atoms. The third kappa shape index (κ3) is 4.32. The van der Waals surface area contributed by atoms with Crippen LogP contribution in [-0.4, -0.2) is 45.3 Å². The topological polar surface area (TPSA) is 74.7 Å². The predicted octanol–water partition coefficient (Wildman–Crippen LogP) is -1.58. The molecule has 1 aromatic rings. The van der Waals surface area contributed by atoms with Gasteiger partial charge in [0.2, 0.25) is 11.0 Å². The van der Waals surface area contributed by atoms with Crippen LogP contribution in [-0.2, 0) is 9.59 Å². The van der Waals surface area contributed by atoms with Gasteiger partial charge in [0.25, 0.3) is 0 Å². The molecule has 2 heterocycles. The Kier molecular flexibility index (Phi) is 6.55. The number of likely N-dealkylation sites (tertiary alicyclic amines) is 1. The van der Waals surface area contributed by atoms with Crippen LogP contribution in [0.15, 0.2) is 17.5 Å². The quantitative estimate of drug-likeness (QED) is 0.680. The van der Waals surface area contributed by atoms with Crippen LogP contribution in [0.5, 0.6) is 0 Å². The van der Waals surface area contributed by atoms with Crippen molar-refractivity contribution in [3.05, 3.63) is 22.4 Å². The first-order chi connectivity index (χ1) is 8.58. The zero-order valence-corrected chi connectivity index (χ0v) is 14.0. The van der Waals surface area contributed by atoms with Crippen molar-refractivity contribution in [2.24, 2.45) is 0 Å². The molecule has 1 unspecified atom stereocenters. The van der Waals surface area contributed by atoms with Gasteiger partial charge in [0.15, 0.2) is 0 Å². The third-order valence-corrected chi connectivity index (χ3v) is 4.70. The molecule has 8 heteroatoms. The molecule has 0 spiro atoms. The number of hydrogen-bond donors (Lipinski definition) is 1. The number of nitrogens with zero attached hydrogens (tertiary/aromatic N) is 1. The molecule has 98 valence electrons. The normalized spacial score (nSPS) is 18.2. The fraction of sp³-hybridized carbons (Fsp3) is 0.364. The van der Waals surface area contributed by atoms with Gasteiger partial charge in [0.1, 0.15) is 6.54 Å². The molecular weight excluding hydrogens is 297 g/mol. The summed E-state index contributed by atoms with van der Waals surface area (Å²) in [5.74, 6) is -1.29. The molecule has 1 amide bonds. The van der Waals surface area contributed by atoms with E-state index in [9.17, 15) is 14.4 Å². The zero-order chi connectivity index (χ0) is 13.1. The minimum atomic E-state index is -1.03. The van der Waals surface area contributed by atoms with Crippen LogP contribution in [0, 0.1) is 0 Å². The van der Waals surface area contributed by atoms with E-state index >= 15 is 0 Å². The summed E-state index contributed by atoms with van der Waals surface area (Å²) in [4.78, 5) is 36.1. The van der Waals surface area contributed by atoms with E-state index in [4.69, 9.17) is 5.11 Å². The standard InChI is InChI=1S/C11H11NO4S2.Na.H/c13-9(14)6-12-4-3-7(10(12)15)18-11(16)8-2-1-5-17-8;;/h1-2,5,7H,3-4,6H2,(H,13,14);;/q;+1;-1. The molecule has 1 saturated heterocycles. The summed E-state index contributed by atoms with van der Waals surface area (Å²) < 4.78 is 0. The zero-order valence-electron chi connectivity index (χ0n) is 11.4. The Balaban J connectivity index is 0.00000180. The molecular formula is C11H12NNaO4S2. The Morgan fingerprint density at radius 2 is 2.32 bits per heavy atom.